The molecule has 6 rings (SSSR count). The van der Waals surface area contributed by atoms with Gasteiger partial charge in [0.05, 0.1) is 43.6 Å². The van der Waals surface area contributed by atoms with Gasteiger partial charge in [-0.15, -0.1) is 0 Å². The van der Waals surface area contributed by atoms with Crippen LogP contribution in [0.25, 0.3) is 0 Å². The number of anilines is 1. The lowest BCUT2D eigenvalue weighted by Gasteiger charge is -2.46. The highest BCUT2D eigenvalue weighted by Gasteiger charge is 2.45. The minimum Gasteiger partial charge on any atom is -0.490 e. The second kappa shape index (κ2) is 12.5. The Balaban J connectivity index is 1.27. The van der Waals surface area contributed by atoms with E-state index < -0.39 is 6.10 Å². The van der Waals surface area contributed by atoms with Crippen LogP contribution in [0.2, 0.25) is 5.02 Å². The van der Waals surface area contributed by atoms with Crippen molar-refractivity contribution >= 4 is 29.2 Å². The van der Waals surface area contributed by atoms with Crippen LogP contribution < -0.4 is 9.64 Å². The highest BCUT2D eigenvalue weighted by atomic mass is 35.5. The van der Waals surface area contributed by atoms with Gasteiger partial charge < -0.3 is 24.2 Å². The monoisotopic (exact) mass is 607 g/mol. The normalized spacial score (nSPS) is 27.0. The zero-order chi connectivity index (χ0) is 30.1. The minimum absolute atomic E-state index is 0.116. The maximum absolute atomic E-state index is 12.5. The van der Waals surface area contributed by atoms with Gasteiger partial charge >= 0.3 is 11.9 Å². The van der Waals surface area contributed by atoms with E-state index in [0.29, 0.717) is 25.2 Å². The maximum Gasteiger partial charge on any atom is 0.337 e. The van der Waals surface area contributed by atoms with Crippen molar-refractivity contribution in [2.75, 3.05) is 38.3 Å². The van der Waals surface area contributed by atoms with Crippen LogP contribution in [0.5, 0.6) is 5.75 Å². The Morgan fingerprint density at radius 3 is 2.74 bits per heavy atom. The van der Waals surface area contributed by atoms with Crippen LogP contribution >= 0.6 is 11.6 Å². The van der Waals surface area contributed by atoms with Gasteiger partial charge in [0.2, 0.25) is 0 Å². The molecule has 0 aromatic heterocycles. The van der Waals surface area contributed by atoms with Gasteiger partial charge in [0.1, 0.15) is 5.75 Å². The average Bonchev–Trinajstić information content (AvgIpc) is 3.15. The smallest absolute Gasteiger partial charge is 0.337 e. The third-order valence-corrected chi connectivity index (χ3v) is 10.5. The van der Waals surface area contributed by atoms with Crippen LogP contribution in [0.4, 0.5) is 5.69 Å². The van der Waals surface area contributed by atoms with E-state index in [1.54, 1.807) is 6.07 Å². The standard InChI is InChI=1S/C35H42ClNO6/c1-3-42-34(40)23-8-6-22(7-9-23)32(38)28-13-10-26(28)19-37-20-35(16-4-5-24-17-27(36)12-14-29(24)35)21-43-31-15-11-25(18-30(31)37)33(39)41-2/h6,11-12,14-15,17-18,23,26,28,32,38H,3-5,7-10,13,16,19-21H2,1-2H3/t23-,26-,28+,32-,35-/m0/s1. The summed E-state index contributed by atoms with van der Waals surface area (Å²) in [7, 11) is 1.40. The van der Waals surface area contributed by atoms with Crippen LogP contribution in [0.15, 0.2) is 48.0 Å². The number of benzene rings is 2. The molecule has 1 N–H and O–H groups in total. The number of fused-ring (bicyclic) bond motifs is 3. The van der Waals surface area contributed by atoms with E-state index in [1.165, 1.54) is 18.2 Å². The number of rotatable bonds is 7. The lowest BCUT2D eigenvalue weighted by Crippen LogP contribution is -2.50. The minimum atomic E-state index is -0.516. The van der Waals surface area contributed by atoms with Crippen LogP contribution in [-0.4, -0.2) is 56.6 Å². The highest BCUT2D eigenvalue weighted by molar-refractivity contribution is 6.30. The molecule has 230 valence electrons. The molecule has 0 bridgehead atoms. The molecule has 0 amide bonds. The number of halogens is 1. The van der Waals surface area contributed by atoms with Gasteiger partial charge in [-0.25, -0.2) is 4.79 Å². The number of carbonyl (C=O) groups excluding carboxylic acids is 2. The van der Waals surface area contributed by atoms with Gasteiger partial charge in [-0.05, 0) is 117 Å². The zero-order valence-corrected chi connectivity index (χ0v) is 25.9. The number of aliphatic hydroxyl groups is 1. The van der Waals surface area contributed by atoms with Gasteiger partial charge in [-0.3, -0.25) is 4.79 Å². The molecule has 1 fully saturated rings. The maximum atomic E-state index is 12.5. The molecule has 0 unspecified atom stereocenters. The number of nitrogens with zero attached hydrogens (tertiary/aromatic N) is 1. The van der Waals surface area contributed by atoms with Crippen molar-refractivity contribution in [2.45, 2.75) is 69.8 Å². The van der Waals surface area contributed by atoms with Crippen molar-refractivity contribution in [1.82, 2.24) is 0 Å². The largest absolute Gasteiger partial charge is 0.490 e. The van der Waals surface area contributed by atoms with Crippen molar-refractivity contribution in [3.63, 3.8) is 0 Å². The van der Waals surface area contributed by atoms with Gasteiger partial charge in [-0.2, -0.15) is 0 Å². The summed E-state index contributed by atoms with van der Waals surface area (Å²) in [6.07, 6.45) is 8.68. The number of hydrogen-bond acceptors (Lipinski definition) is 7. The van der Waals surface area contributed by atoms with Crippen LogP contribution in [0, 0.1) is 17.8 Å². The molecule has 2 aromatic rings. The van der Waals surface area contributed by atoms with Gasteiger partial charge in [0, 0.05) is 23.5 Å². The lowest BCUT2D eigenvalue weighted by atomic mass is 9.67. The second-order valence-electron chi connectivity index (χ2n) is 12.7. The molecule has 2 aromatic carbocycles. The van der Waals surface area contributed by atoms with Crippen molar-refractivity contribution < 1.29 is 28.9 Å². The Morgan fingerprint density at radius 2 is 2.02 bits per heavy atom. The number of hydrogen-bond donors (Lipinski definition) is 1. The third-order valence-electron chi connectivity index (χ3n) is 10.2. The topological polar surface area (TPSA) is 85.3 Å². The van der Waals surface area contributed by atoms with Crippen LogP contribution in [0.1, 0.15) is 73.4 Å². The fourth-order valence-electron chi connectivity index (χ4n) is 7.75. The Kier molecular flexibility index (Phi) is 8.74. The summed E-state index contributed by atoms with van der Waals surface area (Å²) in [4.78, 5) is 27.1. The third kappa shape index (κ3) is 5.91. The molecule has 1 spiro atoms. The summed E-state index contributed by atoms with van der Waals surface area (Å²) in [5.74, 6) is 0.577. The van der Waals surface area contributed by atoms with Gasteiger partial charge in [0.25, 0.3) is 0 Å². The van der Waals surface area contributed by atoms with Crippen molar-refractivity contribution in [3.8, 4) is 5.75 Å². The zero-order valence-electron chi connectivity index (χ0n) is 25.1. The van der Waals surface area contributed by atoms with Crippen molar-refractivity contribution in [3.05, 3.63) is 69.8 Å². The Morgan fingerprint density at radius 1 is 1.16 bits per heavy atom. The first kappa shape index (κ1) is 30.0. The molecule has 0 saturated heterocycles. The first-order valence-corrected chi connectivity index (χ1v) is 16.1. The average molecular weight is 608 g/mol. The number of esters is 2. The van der Waals surface area contributed by atoms with E-state index in [0.717, 1.165) is 80.1 Å². The summed E-state index contributed by atoms with van der Waals surface area (Å²) in [6.45, 7) is 4.28. The predicted octanol–water partition coefficient (Wildman–Crippen LogP) is 6.28. The molecule has 4 aliphatic rings. The van der Waals surface area contributed by atoms with E-state index in [9.17, 15) is 14.7 Å². The van der Waals surface area contributed by atoms with E-state index in [2.05, 4.69) is 23.1 Å². The summed E-state index contributed by atoms with van der Waals surface area (Å²) in [6, 6.07) is 11.8. The first-order valence-electron chi connectivity index (χ1n) is 15.7. The van der Waals surface area contributed by atoms with E-state index in [1.807, 2.05) is 25.1 Å². The number of aryl methyl sites for hydroxylation is 1. The van der Waals surface area contributed by atoms with Crippen LogP contribution in [-0.2, 0) is 26.1 Å². The molecule has 8 heteroatoms. The first-order chi connectivity index (χ1) is 20.8. The quantitative estimate of drug-likeness (QED) is 0.293. The van der Waals surface area contributed by atoms with Gasteiger partial charge in [0.15, 0.2) is 0 Å². The Labute approximate surface area is 259 Å². The molecular formula is C35H42ClNO6. The van der Waals surface area contributed by atoms with E-state index in [4.69, 9.17) is 25.8 Å². The highest BCUT2D eigenvalue weighted by Crippen LogP contribution is 2.47. The van der Waals surface area contributed by atoms with E-state index in [-0.39, 0.29) is 35.1 Å². The molecule has 3 aliphatic carbocycles. The number of carbonyl (C=O) groups is 2. The number of ether oxygens (including phenoxy) is 3. The van der Waals surface area contributed by atoms with E-state index >= 15 is 0 Å². The fraction of sp³-hybridized carbons (Fsp3) is 0.543. The predicted molar refractivity (Wildman–Crippen MR) is 166 cm³/mol. The Hall–Kier alpha value is -3.03. The SMILES string of the molecule is CCOC(=O)[C@H]1CC=C([C@H](O)[C@@H]2CC[C@H]2CN2C[C@@]3(CCCc4cc(Cl)ccc43)COc3ccc(C(=O)OC)cc32)CC1. The molecule has 1 saturated carbocycles. The molecule has 1 heterocycles. The second-order valence-corrected chi connectivity index (χ2v) is 13.2. The van der Waals surface area contributed by atoms with Crippen molar-refractivity contribution in [1.29, 1.82) is 0 Å². The number of allylic oxidation sites excluding steroid dienone is 1. The molecule has 5 atom stereocenters. The lowest BCUT2D eigenvalue weighted by molar-refractivity contribution is -0.148. The van der Waals surface area contributed by atoms with Crippen LogP contribution in [0.3, 0.4) is 0 Å². The Bertz CT molecular complexity index is 1410. The summed E-state index contributed by atoms with van der Waals surface area (Å²) in [5.41, 5.74) is 4.81. The molecule has 0 radical (unpaired) electrons. The fourth-order valence-corrected chi connectivity index (χ4v) is 7.95. The molecule has 7 nitrogen and oxygen atoms in total. The van der Waals surface area contributed by atoms with Crippen molar-refractivity contribution in [2.24, 2.45) is 17.8 Å². The molecule has 1 aliphatic heterocycles. The summed E-state index contributed by atoms with van der Waals surface area (Å²) in [5, 5.41) is 12.3. The summed E-state index contributed by atoms with van der Waals surface area (Å²) >= 11 is 6.40. The number of methoxy groups -OCH3 is 1. The van der Waals surface area contributed by atoms with Gasteiger partial charge in [-0.1, -0.05) is 23.7 Å². The number of aliphatic hydroxyl groups excluding tert-OH is 1. The molecular weight excluding hydrogens is 566 g/mol. The summed E-state index contributed by atoms with van der Waals surface area (Å²) < 4.78 is 16.8. The molecule has 43 heavy (non-hydrogen) atoms.